The summed E-state index contributed by atoms with van der Waals surface area (Å²) >= 11 is 0. The van der Waals surface area contributed by atoms with Gasteiger partial charge in [-0.1, -0.05) is 25.1 Å². The number of benzene rings is 1. The van der Waals surface area contributed by atoms with Crippen LogP contribution in [0, 0.1) is 5.41 Å². The maximum Gasteiger partial charge on any atom is 0.123 e. The molecule has 86 valence electrons. The fraction of sp³-hybridized carbons (Fsp3) is 0.571. The molecule has 2 heteroatoms. The van der Waals surface area contributed by atoms with Crippen molar-refractivity contribution < 1.29 is 4.74 Å². The summed E-state index contributed by atoms with van der Waals surface area (Å²) in [5, 5.41) is 3.54. The molecule has 1 atom stereocenters. The van der Waals surface area contributed by atoms with Gasteiger partial charge >= 0.3 is 0 Å². The topological polar surface area (TPSA) is 21.3 Å². The van der Waals surface area contributed by atoms with E-state index in [2.05, 4.69) is 30.4 Å². The molecule has 1 fully saturated rings. The predicted octanol–water partition coefficient (Wildman–Crippen LogP) is 2.38. The molecule has 1 N–H and O–H groups in total. The summed E-state index contributed by atoms with van der Waals surface area (Å²) in [6.45, 7) is 4.47. The summed E-state index contributed by atoms with van der Waals surface area (Å²) in [5.74, 6) is 1.08. The Bertz CT molecular complexity index is 359. The number of fused-ring (bicyclic) bond motifs is 1. The van der Waals surface area contributed by atoms with Gasteiger partial charge in [-0.25, -0.2) is 0 Å². The molecule has 0 bridgehead atoms. The number of ether oxygens (including phenoxy) is 1. The summed E-state index contributed by atoms with van der Waals surface area (Å²) in [4.78, 5) is 0. The third-order valence-electron chi connectivity index (χ3n) is 3.74. The fourth-order valence-electron chi connectivity index (χ4n) is 2.29. The van der Waals surface area contributed by atoms with Crippen LogP contribution in [0.2, 0.25) is 0 Å². The number of nitrogens with one attached hydrogen (secondary N) is 1. The monoisotopic (exact) mass is 217 g/mol. The summed E-state index contributed by atoms with van der Waals surface area (Å²) < 4.78 is 5.88. The van der Waals surface area contributed by atoms with Crippen LogP contribution in [0.25, 0.3) is 0 Å². The standard InChI is InChI=1S/C14H19NO/c1-14(6-7-14)10-15-9-12-8-11-4-2-3-5-13(11)16-12/h2-5,12,15H,6-10H2,1H3. The van der Waals surface area contributed by atoms with Crippen molar-refractivity contribution in [3.05, 3.63) is 29.8 Å². The van der Waals surface area contributed by atoms with Gasteiger partial charge in [-0.2, -0.15) is 0 Å². The van der Waals surface area contributed by atoms with Gasteiger partial charge < -0.3 is 10.1 Å². The zero-order valence-corrected chi connectivity index (χ0v) is 9.83. The number of hydrogen-bond donors (Lipinski definition) is 1. The van der Waals surface area contributed by atoms with Crippen molar-refractivity contribution in [1.29, 1.82) is 0 Å². The van der Waals surface area contributed by atoms with Gasteiger partial charge in [-0.05, 0) is 29.9 Å². The number of rotatable bonds is 4. The Balaban J connectivity index is 1.48. The summed E-state index contributed by atoms with van der Waals surface area (Å²) in [7, 11) is 0. The van der Waals surface area contributed by atoms with E-state index in [0.717, 1.165) is 25.3 Å². The van der Waals surface area contributed by atoms with E-state index in [1.807, 2.05) is 6.07 Å². The van der Waals surface area contributed by atoms with Gasteiger partial charge in [0.05, 0.1) is 0 Å². The normalized spacial score (nSPS) is 24.9. The molecular formula is C14H19NO. The lowest BCUT2D eigenvalue weighted by Gasteiger charge is -2.14. The maximum absolute atomic E-state index is 5.88. The molecule has 0 aromatic heterocycles. The molecule has 1 unspecified atom stereocenters. The molecule has 1 heterocycles. The largest absolute Gasteiger partial charge is 0.488 e. The first-order valence-electron chi connectivity index (χ1n) is 6.20. The molecule has 1 aromatic rings. The van der Waals surface area contributed by atoms with Crippen LogP contribution in [0.4, 0.5) is 0 Å². The van der Waals surface area contributed by atoms with Crippen LogP contribution in [0.5, 0.6) is 5.75 Å². The Kier molecular flexibility index (Phi) is 2.40. The van der Waals surface area contributed by atoms with Crippen LogP contribution in [-0.4, -0.2) is 19.2 Å². The fourth-order valence-corrected chi connectivity index (χ4v) is 2.29. The van der Waals surface area contributed by atoms with Crippen LogP contribution in [-0.2, 0) is 6.42 Å². The molecule has 1 aliphatic heterocycles. The molecule has 0 radical (unpaired) electrons. The van der Waals surface area contributed by atoms with E-state index in [-0.39, 0.29) is 0 Å². The molecule has 3 rings (SSSR count). The Hall–Kier alpha value is -1.02. The Labute approximate surface area is 97.0 Å². The summed E-state index contributed by atoms with van der Waals surface area (Å²) in [6, 6.07) is 8.36. The molecule has 1 aliphatic carbocycles. The predicted molar refractivity (Wildman–Crippen MR) is 64.8 cm³/mol. The van der Waals surface area contributed by atoms with E-state index in [4.69, 9.17) is 4.74 Å². The SMILES string of the molecule is CC1(CNCC2Cc3ccccc3O2)CC1. The highest BCUT2D eigenvalue weighted by Crippen LogP contribution is 2.44. The van der Waals surface area contributed by atoms with Crippen LogP contribution in [0.3, 0.4) is 0 Å². The Morgan fingerprint density at radius 3 is 2.94 bits per heavy atom. The molecule has 1 aromatic carbocycles. The van der Waals surface area contributed by atoms with E-state index in [0.29, 0.717) is 11.5 Å². The number of hydrogen-bond acceptors (Lipinski definition) is 2. The highest BCUT2D eigenvalue weighted by Gasteiger charge is 2.36. The molecule has 0 spiro atoms. The number of para-hydroxylation sites is 1. The third kappa shape index (κ3) is 2.07. The second kappa shape index (κ2) is 3.77. The van der Waals surface area contributed by atoms with Gasteiger partial charge in [0.15, 0.2) is 0 Å². The second-order valence-corrected chi connectivity index (χ2v) is 5.49. The minimum absolute atomic E-state index is 0.333. The maximum atomic E-state index is 5.88. The Morgan fingerprint density at radius 2 is 2.19 bits per heavy atom. The van der Waals surface area contributed by atoms with Crippen LogP contribution in [0.1, 0.15) is 25.3 Å². The molecular weight excluding hydrogens is 198 g/mol. The van der Waals surface area contributed by atoms with Crippen molar-refractivity contribution in [2.24, 2.45) is 5.41 Å². The lowest BCUT2D eigenvalue weighted by Crippen LogP contribution is -2.33. The van der Waals surface area contributed by atoms with Crippen LogP contribution < -0.4 is 10.1 Å². The average molecular weight is 217 g/mol. The van der Waals surface area contributed by atoms with Gasteiger partial charge in [-0.15, -0.1) is 0 Å². The van der Waals surface area contributed by atoms with Crippen molar-refractivity contribution in [2.45, 2.75) is 32.3 Å². The first-order valence-corrected chi connectivity index (χ1v) is 6.20. The van der Waals surface area contributed by atoms with Crippen molar-refractivity contribution in [2.75, 3.05) is 13.1 Å². The van der Waals surface area contributed by atoms with E-state index in [1.165, 1.54) is 18.4 Å². The van der Waals surface area contributed by atoms with Crippen molar-refractivity contribution in [1.82, 2.24) is 5.32 Å². The second-order valence-electron chi connectivity index (χ2n) is 5.49. The van der Waals surface area contributed by atoms with Gasteiger partial charge in [0.1, 0.15) is 11.9 Å². The minimum Gasteiger partial charge on any atom is -0.488 e. The first-order chi connectivity index (χ1) is 7.75. The smallest absolute Gasteiger partial charge is 0.123 e. The lowest BCUT2D eigenvalue weighted by atomic mass is 10.1. The van der Waals surface area contributed by atoms with Crippen LogP contribution >= 0.6 is 0 Å². The minimum atomic E-state index is 0.333. The summed E-state index contributed by atoms with van der Waals surface area (Å²) in [6.07, 6.45) is 4.15. The molecule has 0 saturated heterocycles. The van der Waals surface area contributed by atoms with Gasteiger partial charge in [-0.3, -0.25) is 0 Å². The van der Waals surface area contributed by atoms with Crippen molar-refractivity contribution in [3.8, 4) is 5.75 Å². The Morgan fingerprint density at radius 1 is 1.38 bits per heavy atom. The van der Waals surface area contributed by atoms with Gasteiger partial charge in [0.25, 0.3) is 0 Å². The molecule has 1 saturated carbocycles. The molecule has 16 heavy (non-hydrogen) atoms. The third-order valence-corrected chi connectivity index (χ3v) is 3.74. The zero-order chi connectivity index (χ0) is 11.0. The van der Waals surface area contributed by atoms with Gasteiger partial charge in [0.2, 0.25) is 0 Å². The van der Waals surface area contributed by atoms with E-state index >= 15 is 0 Å². The lowest BCUT2D eigenvalue weighted by molar-refractivity contribution is 0.224. The first kappa shape index (κ1) is 10.2. The van der Waals surface area contributed by atoms with Crippen molar-refractivity contribution in [3.63, 3.8) is 0 Å². The molecule has 2 nitrogen and oxygen atoms in total. The highest BCUT2D eigenvalue weighted by atomic mass is 16.5. The van der Waals surface area contributed by atoms with E-state index in [1.54, 1.807) is 0 Å². The van der Waals surface area contributed by atoms with E-state index in [9.17, 15) is 0 Å². The van der Waals surface area contributed by atoms with E-state index < -0.39 is 0 Å². The quantitative estimate of drug-likeness (QED) is 0.836. The molecule has 0 amide bonds. The van der Waals surface area contributed by atoms with Gasteiger partial charge in [0, 0.05) is 19.5 Å². The van der Waals surface area contributed by atoms with Crippen LogP contribution in [0.15, 0.2) is 24.3 Å². The molecule has 2 aliphatic rings. The zero-order valence-electron chi connectivity index (χ0n) is 9.83. The highest BCUT2D eigenvalue weighted by molar-refractivity contribution is 5.37. The van der Waals surface area contributed by atoms with Crippen molar-refractivity contribution >= 4 is 0 Å². The average Bonchev–Trinajstić information content (AvgIpc) is 2.87. The summed E-state index contributed by atoms with van der Waals surface area (Å²) in [5.41, 5.74) is 1.94.